The summed E-state index contributed by atoms with van der Waals surface area (Å²) in [5.41, 5.74) is 1.32. The van der Waals surface area contributed by atoms with Crippen LogP contribution < -0.4 is 0 Å². The number of benzene rings is 1. The number of carboxylic acid groups (broad SMARTS) is 1. The van der Waals surface area contributed by atoms with E-state index in [-0.39, 0.29) is 5.92 Å². The Morgan fingerprint density at radius 2 is 1.89 bits per heavy atom. The smallest absolute Gasteiger partial charge is 0.333 e. The van der Waals surface area contributed by atoms with Gasteiger partial charge < -0.3 is 9.84 Å². The second kappa shape index (κ2) is 7.88. The van der Waals surface area contributed by atoms with Crippen LogP contribution >= 0.6 is 0 Å². The lowest BCUT2D eigenvalue weighted by Crippen LogP contribution is -2.29. The van der Waals surface area contributed by atoms with E-state index in [2.05, 4.69) is 12.1 Å². The van der Waals surface area contributed by atoms with Gasteiger partial charge in [0.05, 0.1) is 0 Å². The van der Waals surface area contributed by atoms with Gasteiger partial charge in [-0.1, -0.05) is 44.2 Å². The molecule has 1 N–H and O–H groups in total. The minimum absolute atomic E-state index is 0.0108. The molecule has 0 aliphatic carbocycles. The zero-order valence-corrected chi connectivity index (χ0v) is 11.1. The normalized spacial score (nSPS) is 12.6. The molecule has 0 spiro atoms. The van der Waals surface area contributed by atoms with Gasteiger partial charge in [-0.3, -0.25) is 0 Å². The van der Waals surface area contributed by atoms with Crippen LogP contribution in [0.2, 0.25) is 0 Å². The van der Waals surface area contributed by atoms with Gasteiger partial charge in [0.2, 0.25) is 0 Å². The fourth-order valence-electron chi connectivity index (χ4n) is 1.84. The third kappa shape index (κ3) is 5.32. The molecular formula is C15H22O3. The van der Waals surface area contributed by atoms with E-state index in [1.54, 1.807) is 0 Å². The first-order valence-corrected chi connectivity index (χ1v) is 6.49. The number of hydrogen-bond acceptors (Lipinski definition) is 2. The summed E-state index contributed by atoms with van der Waals surface area (Å²) in [6.07, 6.45) is 2.26. The number of rotatable bonds is 8. The first kappa shape index (κ1) is 14.7. The van der Waals surface area contributed by atoms with Gasteiger partial charge in [-0.25, -0.2) is 4.79 Å². The molecule has 18 heavy (non-hydrogen) atoms. The first-order valence-electron chi connectivity index (χ1n) is 6.49. The maximum absolute atomic E-state index is 10.9. The highest BCUT2D eigenvalue weighted by atomic mass is 16.5. The van der Waals surface area contributed by atoms with Crippen molar-refractivity contribution in [3.05, 3.63) is 35.9 Å². The predicted molar refractivity (Wildman–Crippen MR) is 71.6 cm³/mol. The molecule has 0 aromatic heterocycles. The molecule has 0 aliphatic rings. The van der Waals surface area contributed by atoms with Crippen LogP contribution in [0.5, 0.6) is 0 Å². The zero-order valence-electron chi connectivity index (χ0n) is 11.1. The molecule has 1 aromatic rings. The van der Waals surface area contributed by atoms with Gasteiger partial charge in [0.25, 0.3) is 0 Å². The zero-order chi connectivity index (χ0) is 13.4. The second-order valence-corrected chi connectivity index (χ2v) is 4.82. The van der Waals surface area contributed by atoms with Crippen molar-refractivity contribution in [1.29, 1.82) is 0 Å². The van der Waals surface area contributed by atoms with Gasteiger partial charge in [-0.2, -0.15) is 0 Å². The van der Waals surface area contributed by atoms with Crippen LogP contribution in [0.25, 0.3) is 0 Å². The summed E-state index contributed by atoms with van der Waals surface area (Å²) in [6.45, 7) is 4.24. The van der Waals surface area contributed by atoms with E-state index < -0.39 is 12.1 Å². The molecule has 3 heteroatoms. The third-order valence-electron chi connectivity index (χ3n) is 2.85. The largest absolute Gasteiger partial charge is 0.479 e. The Hall–Kier alpha value is -1.35. The minimum Gasteiger partial charge on any atom is -0.479 e. The lowest BCUT2D eigenvalue weighted by molar-refractivity contribution is -0.153. The van der Waals surface area contributed by atoms with Crippen molar-refractivity contribution in [2.24, 2.45) is 5.92 Å². The lowest BCUT2D eigenvalue weighted by atomic mass is 10.1. The summed E-state index contributed by atoms with van der Waals surface area (Å²) >= 11 is 0. The number of carboxylic acids is 1. The topological polar surface area (TPSA) is 46.5 Å². The van der Waals surface area contributed by atoms with Crippen molar-refractivity contribution >= 4 is 5.97 Å². The third-order valence-corrected chi connectivity index (χ3v) is 2.85. The first-order chi connectivity index (χ1) is 8.61. The molecule has 1 rings (SSSR count). The second-order valence-electron chi connectivity index (χ2n) is 4.82. The molecule has 0 radical (unpaired) electrons. The fraction of sp³-hybridized carbons (Fsp3) is 0.533. The maximum atomic E-state index is 10.9. The summed E-state index contributed by atoms with van der Waals surface area (Å²) in [4.78, 5) is 10.9. The van der Waals surface area contributed by atoms with Gasteiger partial charge in [0, 0.05) is 6.61 Å². The minimum atomic E-state index is -0.868. The number of unbranched alkanes of at least 4 members (excludes halogenated alkanes) is 1. The van der Waals surface area contributed by atoms with Crippen LogP contribution in [0.4, 0.5) is 0 Å². The average Bonchev–Trinajstić information content (AvgIpc) is 2.34. The van der Waals surface area contributed by atoms with E-state index in [4.69, 9.17) is 9.84 Å². The van der Waals surface area contributed by atoms with Crippen LogP contribution in [0.3, 0.4) is 0 Å². The predicted octanol–water partition coefficient (Wildman–Crippen LogP) is 3.14. The number of hydrogen-bond donors (Lipinski definition) is 1. The number of aryl methyl sites for hydroxylation is 1. The quantitative estimate of drug-likeness (QED) is 0.721. The fourth-order valence-corrected chi connectivity index (χ4v) is 1.84. The maximum Gasteiger partial charge on any atom is 0.333 e. The van der Waals surface area contributed by atoms with Crippen molar-refractivity contribution in [3.63, 3.8) is 0 Å². The van der Waals surface area contributed by atoms with Crippen molar-refractivity contribution in [2.75, 3.05) is 6.61 Å². The Morgan fingerprint density at radius 3 is 2.44 bits per heavy atom. The van der Waals surface area contributed by atoms with E-state index in [1.807, 2.05) is 32.0 Å². The van der Waals surface area contributed by atoms with Gasteiger partial charge in [0.1, 0.15) is 0 Å². The molecule has 0 aliphatic heterocycles. The molecule has 0 saturated carbocycles. The van der Waals surface area contributed by atoms with E-state index in [9.17, 15) is 4.79 Å². The highest BCUT2D eigenvalue weighted by Crippen LogP contribution is 2.09. The van der Waals surface area contributed by atoms with Crippen LogP contribution in [-0.4, -0.2) is 23.8 Å². The Kier molecular flexibility index (Phi) is 6.44. The Morgan fingerprint density at radius 1 is 1.22 bits per heavy atom. The van der Waals surface area contributed by atoms with Gasteiger partial charge in [-0.05, 0) is 30.7 Å². The SMILES string of the molecule is CC(C)[C@H](OCCCCc1ccccc1)C(=O)O. The van der Waals surface area contributed by atoms with E-state index >= 15 is 0 Å². The summed E-state index contributed by atoms with van der Waals surface area (Å²) in [6, 6.07) is 10.3. The van der Waals surface area contributed by atoms with Crippen molar-refractivity contribution < 1.29 is 14.6 Å². The molecule has 1 aromatic carbocycles. The monoisotopic (exact) mass is 250 g/mol. The van der Waals surface area contributed by atoms with Crippen LogP contribution in [0.15, 0.2) is 30.3 Å². The molecule has 0 unspecified atom stereocenters. The number of carbonyl (C=O) groups is 1. The van der Waals surface area contributed by atoms with Crippen LogP contribution in [0.1, 0.15) is 32.3 Å². The van der Waals surface area contributed by atoms with Gasteiger partial charge in [0.15, 0.2) is 6.10 Å². The summed E-state index contributed by atoms with van der Waals surface area (Å²) in [7, 11) is 0. The molecule has 100 valence electrons. The highest BCUT2D eigenvalue weighted by Gasteiger charge is 2.21. The molecule has 0 saturated heterocycles. The van der Waals surface area contributed by atoms with Crippen LogP contribution in [-0.2, 0) is 16.0 Å². The van der Waals surface area contributed by atoms with Crippen molar-refractivity contribution in [1.82, 2.24) is 0 Å². The standard InChI is InChI=1S/C15H22O3/c1-12(2)14(15(16)17)18-11-7-6-10-13-8-4-3-5-9-13/h3-5,8-9,12,14H,6-7,10-11H2,1-2H3,(H,16,17)/t14-/m0/s1. The molecule has 0 bridgehead atoms. The van der Waals surface area contributed by atoms with Gasteiger partial charge in [-0.15, -0.1) is 0 Å². The van der Waals surface area contributed by atoms with E-state index in [0.29, 0.717) is 6.61 Å². The molecule has 0 fully saturated rings. The molecule has 0 amide bonds. The van der Waals surface area contributed by atoms with Crippen LogP contribution in [0, 0.1) is 5.92 Å². The number of aliphatic carboxylic acids is 1. The molecule has 3 nitrogen and oxygen atoms in total. The molecule has 1 atom stereocenters. The molecule has 0 heterocycles. The van der Waals surface area contributed by atoms with Crippen molar-refractivity contribution in [2.45, 2.75) is 39.2 Å². The lowest BCUT2D eigenvalue weighted by Gasteiger charge is -2.16. The van der Waals surface area contributed by atoms with E-state index in [0.717, 1.165) is 19.3 Å². The summed E-state index contributed by atoms with van der Waals surface area (Å²) in [5, 5.41) is 8.95. The Bertz CT molecular complexity index is 346. The van der Waals surface area contributed by atoms with E-state index in [1.165, 1.54) is 5.56 Å². The Labute approximate surface area is 109 Å². The summed E-state index contributed by atoms with van der Waals surface area (Å²) in [5.74, 6) is -0.857. The number of ether oxygens (including phenoxy) is 1. The Balaban J connectivity index is 2.17. The summed E-state index contributed by atoms with van der Waals surface area (Å²) < 4.78 is 5.40. The molecular weight excluding hydrogens is 228 g/mol. The highest BCUT2D eigenvalue weighted by molar-refractivity contribution is 5.72. The van der Waals surface area contributed by atoms with Gasteiger partial charge >= 0.3 is 5.97 Å². The van der Waals surface area contributed by atoms with Crippen molar-refractivity contribution in [3.8, 4) is 0 Å². The average molecular weight is 250 g/mol.